The summed E-state index contributed by atoms with van der Waals surface area (Å²) in [7, 11) is 4.98. The van der Waals surface area contributed by atoms with Crippen molar-refractivity contribution in [1.29, 1.82) is 0 Å². The molecule has 3 aromatic rings. The van der Waals surface area contributed by atoms with E-state index in [1.165, 1.54) is 6.07 Å². The Morgan fingerprint density at radius 2 is 1.85 bits per heavy atom. The van der Waals surface area contributed by atoms with Crippen molar-refractivity contribution in [3.8, 4) is 17.2 Å². The van der Waals surface area contributed by atoms with Crippen molar-refractivity contribution in [3.05, 3.63) is 70.0 Å². The van der Waals surface area contributed by atoms with Crippen molar-refractivity contribution in [2.24, 2.45) is 7.05 Å². The van der Waals surface area contributed by atoms with E-state index in [0.717, 1.165) is 29.7 Å². The summed E-state index contributed by atoms with van der Waals surface area (Å²) in [4.78, 5) is 15.3. The van der Waals surface area contributed by atoms with Crippen LogP contribution in [0.5, 0.6) is 17.2 Å². The molecule has 34 heavy (non-hydrogen) atoms. The molecule has 1 fully saturated rings. The Bertz CT molecular complexity index is 1140. The first-order chi connectivity index (χ1) is 16.4. The van der Waals surface area contributed by atoms with Gasteiger partial charge in [-0.25, -0.2) is 0 Å². The SMILES string of the molecule is CC.COc1ccc(CN(Cc2ccc(O)c(Cl)c2)C(=O)c2cc(C3CC3)nn2C)c(OC)c1. The lowest BCUT2D eigenvalue weighted by Crippen LogP contribution is -2.31. The van der Waals surface area contributed by atoms with Gasteiger partial charge in [0.05, 0.1) is 31.5 Å². The zero-order valence-corrected chi connectivity index (χ0v) is 21.1. The molecule has 1 aliphatic rings. The lowest BCUT2D eigenvalue weighted by Gasteiger charge is -2.24. The lowest BCUT2D eigenvalue weighted by atomic mass is 10.1. The van der Waals surface area contributed by atoms with Crippen molar-refractivity contribution >= 4 is 17.5 Å². The average Bonchev–Trinajstić information content (AvgIpc) is 3.63. The van der Waals surface area contributed by atoms with Crippen LogP contribution in [-0.4, -0.2) is 39.9 Å². The number of amides is 1. The van der Waals surface area contributed by atoms with E-state index >= 15 is 0 Å². The highest BCUT2D eigenvalue weighted by Crippen LogP contribution is 2.39. The van der Waals surface area contributed by atoms with E-state index in [1.807, 2.05) is 32.0 Å². The van der Waals surface area contributed by atoms with E-state index in [9.17, 15) is 9.90 Å². The number of halogens is 1. The molecule has 2 aromatic carbocycles. The average molecular weight is 486 g/mol. The predicted molar refractivity (Wildman–Crippen MR) is 133 cm³/mol. The highest BCUT2D eigenvalue weighted by molar-refractivity contribution is 6.32. The van der Waals surface area contributed by atoms with Gasteiger partial charge in [-0.1, -0.05) is 31.5 Å². The summed E-state index contributed by atoms with van der Waals surface area (Å²) in [6, 6.07) is 12.4. The Labute approximate surface area is 205 Å². The molecule has 1 N–H and O–H groups in total. The number of rotatable bonds is 8. The van der Waals surface area contributed by atoms with Crippen LogP contribution in [0.3, 0.4) is 0 Å². The van der Waals surface area contributed by atoms with Crippen molar-refractivity contribution < 1.29 is 19.4 Å². The minimum Gasteiger partial charge on any atom is -0.506 e. The first kappa shape index (κ1) is 25.4. The molecular weight excluding hydrogens is 454 g/mol. The van der Waals surface area contributed by atoms with Crippen LogP contribution in [0, 0.1) is 0 Å². The van der Waals surface area contributed by atoms with Crippen molar-refractivity contribution in [2.45, 2.75) is 45.7 Å². The summed E-state index contributed by atoms with van der Waals surface area (Å²) in [5.74, 6) is 1.62. The highest BCUT2D eigenvalue weighted by atomic mass is 35.5. The van der Waals surface area contributed by atoms with Gasteiger partial charge in [0, 0.05) is 31.1 Å². The molecule has 1 aromatic heterocycles. The molecule has 0 aliphatic heterocycles. The molecule has 8 heteroatoms. The van der Waals surface area contributed by atoms with Crippen molar-refractivity contribution in [1.82, 2.24) is 14.7 Å². The number of hydrogen-bond donors (Lipinski definition) is 1. The molecular formula is C26H32ClN3O4. The molecule has 1 amide bonds. The molecule has 1 saturated carbocycles. The maximum atomic E-state index is 13.6. The summed E-state index contributed by atoms with van der Waals surface area (Å²) in [6.45, 7) is 4.62. The number of methoxy groups -OCH3 is 2. The maximum absolute atomic E-state index is 13.6. The van der Waals surface area contributed by atoms with Gasteiger partial charge in [-0.2, -0.15) is 5.10 Å². The van der Waals surface area contributed by atoms with E-state index in [4.69, 9.17) is 21.1 Å². The predicted octanol–water partition coefficient (Wildman–Crippen LogP) is 5.54. The first-order valence-electron chi connectivity index (χ1n) is 11.4. The Kier molecular flexibility index (Phi) is 8.45. The summed E-state index contributed by atoms with van der Waals surface area (Å²) < 4.78 is 12.5. The number of phenols is 1. The number of hydrogen-bond acceptors (Lipinski definition) is 5. The fraction of sp³-hybridized carbons (Fsp3) is 0.385. The minimum absolute atomic E-state index is 0.00540. The monoisotopic (exact) mass is 485 g/mol. The maximum Gasteiger partial charge on any atom is 0.272 e. The van der Waals surface area contributed by atoms with Crippen LogP contribution >= 0.6 is 11.6 Å². The number of aromatic nitrogens is 2. The Hall–Kier alpha value is -3.19. The molecule has 7 nitrogen and oxygen atoms in total. The van der Waals surface area contributed by atoms with Gasteiger partial charge in [-0.3, -0.25) is 9.48 Å². The topological polar surface area (TPSA) is 76.8 Å². The van der Waals surface area contributed by atoms with E-state index < -0.39 is 0 Å². The number of nitrogens with zero attached hydrogens (tertiary/aromatic N) is 3. The zero-order chi connectivity index (χ0) is 24.8. The number of phenolic OH excluding ortho intramolecular Hbond substituents is 1. The lowest BCUT2D eigenvalue weighted by molar-refractivity contribution is 0.0717. The highest BCUT2D eigenvalue weighted by Gasteiger charge is 2.29. The Balaban J connectivity index is 0.00000158. The third-order valence-corrected chi connectivity index (χ3v) is 5.94. The molecule has 0 unspecified atom stereocenters. The van der Waals surface area contributed by atoms with E-state index in [0.29, 0.717) is 36.2 Å². The second-order valence-corrected chi connectivity index (χ2v) is 8.38. The van der Waals surface area contributed by atoms with Crippen LogP contribution < -0.4 is 9.47 Å². The third kappa shape index (κ3) is 5.83. The van der Waals surface area contributed by atoms with Gasteiger partial charge >= 0.3 is 0 Å². The standard InChI is InChI=1S/C24H26ClN3O4.C2H6/c1-27-21(12-20(26-27)16-5-6-16)24(30)28(13-15-4-9-22(29)19(25)10-15)14-17-7-8-18(31-2)11-23(17)32-3;1-2/h4,7-12,16,29H,5-6,13-14H2,1-3H3;1-2H3. The van der Waals surface area contributed by atoms with Gasteiger partial charge in [0.2, 0.25) is 0 Å². The molecule has 182 valence electrons. The van der Waals surface area contributed by atoms with E-state index in [1.54, 1.807) is 49.0 Å². The smallest absolute Gasteiger partial charge is 0.272 e. The molecule has 0 saturated heterocycles. The number of carbonyl (C=O) groups excluding carboxylic acids is 1. The van der Waals surface area contributed by atoms with Gasteiger partial charge in [-0.15, -0.1) is 0 Å². The van der Waals surface area contributed by atoms with Gasteiger partial charge in [0.1, 0.15) is 22.9 Å². The van der Waals surface area contributed by atoms with Gasteiger partial charge in [-0.05, 0) is 48.7 Å². The van der Waals surface area contributed by atoms with Crippen LogP contribution in [0.15, 0.2) is 42.5 Å². The molecule has 1 heterocycles. The molecule has 0 atom stereocenters. The van der Waals surface area contributed by atoms with Gasteiger partial charge in [0.15, 0.2) is 0 Å². The largest absolute Gasteiger partial charge is 0.506 e. The fourth-order valence-corrected chi connectivity index (χ4v) is 3.89. The Morgan fingerprint density at radius 3 is 2.47 bits per heavy atom. The number of aryl methyl sites for hydroxylation is 1. The normalized spacial score (nSPS) is 12.5. The Morgan fingerprint density at radius 1 is 1.12 bits per heavy atom. The zero-order valence-electron chi connectivity index (χ0n) is 20.3. The molecule has 4 rings (SSSR count). The fourth-order valence-electron chi connectivity index (χ4n) is 3.69. The van der Waals surface area contributed by atoms with E-state index in [2.05, 4.69) is 5.10 Å². The number of carbonyl (C=O) groups is 1. The third-order valence-electron chi connectivity index (χ3n) is 5.64. The van der Waals surface area contributed by atoms with Crippen LogP contribution in [0.1, 0.15) is 59.9 Å². The van der Waals surface area contributed by atoms with Crippen molar-refractivity contribution in [2.75, 3.05) is 14.2 Å². The van der Waals surface area contributed by atoms with Crippen LogP contribution in [-0.2, 0) is 20.1 Å². The number of ether oxygens (including phenoxy) is 2. The molecule has 0 spiro atoms. The summed E-state index contributed by atoms with van der Waals surface area (Å²) in [5, 5.41) is 14.6. The molecule has 0 bridgehead atoms. The number of aromatic hydroxyl groups is 1. The quantitative estimate of drug-likeness (QED) is 0.453. The molecule has 0 radical (unpaired) electrons. The van der Waals surface area contributed by atoms with Crippen LogP contribution in [0.2, 0.25) is 5.02 Å². The van der Waals surface area contributed by atoms with Crippen LogP contribution in [0.25, 0.3) is 0 Å². The van der Waals surface area contributed by atoms with Gasteiger partial charge < -0.3 is 19.5 Å². The first-order valence-corrected chi connectivity index (χ1v) is 11.8. The van der Waals surface area contributed by atoms with Crippen LogP contribution in [0.4, 0.5) is 0 Å². The summed E-state index contributed by atoms with van der Waals surface area (Å²) in [5.41, 5.74) is 3.14. The molecule has 1 aliphatic carbocycles. The second-order valence-electron chi connectivity index (χ2n) is 7.98. The number of benzene rings is 2. The van der Waals surface area contributed by atoms with E-state index in [-0.39, 0.29) is 16.7 Å². The van der Waals surface area contributed by atoms with Gasteiger partial charge in [0.25, 0.3) is 5.91 Å². The summed E-state index contributed by atoms with van der Waals surface area (Å²) >= 11 is 6.10. The minimum atomic E-state index is -0.144. The summed E-state index contributed by atoms with van der Waals surface area (Å²) in [6.07, 6.45) is 2.23. The second kappa shape index (κ2) is 11.3. The van der Waals surface area contributed by atoms with Crippen molar-refractivity contribution in [3.63, 3.8) is 0 Å².